The lowest BCUT2D eigenvalue weighted by Gasteiger charge is -2.26. The van der Waals surface area contributed by atoms with Gasteiger partial charge in [0, 0.05) is 6.20 Å². The molecule has 0 atom stereocenters. The molecule has 1 fully saturated rings. The number of fused-ring (bicyclic) bond motifs is 1. The summed E-state index contributed by atoms with van der Waals surface area (Å²) in [7, 11) is 0. The molecule has 62 valence electrons. The minimum Gasteiger partial charge on any atom is -0.487 e. The first-order valence-electron chi connectivity index (χ1n) is 4.23. The number of anilines is 1. The average Bonchev–Trinajstić information content (AvgIpc) is 2.85. The van der Waals surface area contributed by atoms with E-state index in [1.54, 1.807) is 12.4 Å². The second-order valence-corrected chi connectivity index (χ2v) is 3.57. The fraction of sp³-hybridized carbons (Fsp3) is 0.444. The van der Waals surface area contributed by atoms with Gasteiger partial charge in [-0.1, -0.05) is 0 Å². The topological polar surface area (TPSA) is 34.1 Å². The van der Waals surface area contributed by atoms with E-state index in [2.05, 4.69) is 10.3 Å². The third-order valence-electron chi connectivity index (χ3n) is 2.54. The largest absolute Gasteiger partial charge is 0.487 e. The highest BCUT2D eigenvalue weighted by atomic mass is 16.5. The number of ether oxygens (including phenoxy) is 1. The van der Waals surface area contributed by atoms with Crippen molar-refractivity contribution in [3.05, 3.63) is 18.5 Å². The Morgan fingerprint density at radius 1 is 1.50 bits per heavy atom. The van der Waals surface area contributed by atoms with E-state index in [0.29, 0.717) is 0 Å². The first kappa shape index (κ1) is 6.29. The lowest BCUT2D eigenvalue weighted by molar-refractivity contribution is 0.275. The predicted octanol–water partition coefficient (Wildman–Crippen LogP) is 1.42. The minimum absolute atomic E-state index is 0.272. The Morgan fingerprint density at radius 2 is 2.42 bits per heavy atom. The van der Waals surface area contributed by atoms with Crippen LogP contribution in [0, 0.1) is 0 Å². The number of hydrogen-bond donors (Lipinski definition) is 1. The van der Waals surface area contributed by atoms with E-state index in [0.717, 1.165) is 18.0 Å². The summed E-state index contributed by atoms with van der Waals surface area (Å²) in [5, 5.41) is 3.48. The van der Waals surface area contributed by atoms with Gasteiger partial charge in [-0.05, 0) is 18.9 Å². The molecule has 0 radical (unpaired) electrons. The number of nitrogens with zero attached hydrogens (tertiary/aromatic N) is 1. The van der Waals surface area contributed by atoms with Crippen LogP contribution in [0.1, 0.15) is 12.8 Å². The van der Waals surface area contributed by atoms with Gasteiger partial charge in [0.15, 0.2) is 5.75 Å². The van der Waals surface area contributed by atoms with Crippen LogP contribution in [0.4, 0.5) is 5.69 Å². The summed E-state index contributed by atoms with van der Waals surface area (Å²) in [4.78, 5) is 4.00. The van der Waals surface area contributed by atoms with Crippen LogP contribution in [0.5, 0.6) is 5.75 Å². The van der Waals surface area contributed by atoms with Crippen molar-refractivity contribution in [1.82, 2.24) is 4.98 Å². The SMILES string of the molecule is c1cc2c(cn1)OCC1(CC1)N2. The average molecular weight is 162 g/mol. The van der Waals surface area contributed by atoms with Gasteiger partial charge in [-0.15, -0.1) is 0 Å². The summed E-state index contributed by atoms with van der Waals surface area (Å²) in [5.74, 6) is 0.884. The molecule has 2 aliphatic rings. The number of nitrogens with one attached hydrogen (secondary N) is 1. The van der Waals surface area contributed by atoms with Gasteiger partial charge in [0.05, 0.1) is 17.4 Å². The van der Waals surface area contributed by atoms with Crippen molar-refractivity contribution in [2.75, 3.05) is 11.9 Å². The van der Waals surface area contributed by atoms with E-state index in [1.165, 1.54) is 12.8 Å². The molecular formula is C9H10N2O. The predicted molar refractivity (Wildman–Crippen MR) is 45.3 cm³/mol. The van der Waals surface area contributed by atoms with Gasteiger partial charge in [-0.2, -0.15) is 0 Å². The third-order valence-corrected chi connectivity index (χ3v) is 2.54. The van der Waals surface area contributed by atoms with E-state index in [1.807, 2.05) is 6.07 Å². The molecule has 3 heteroatoms. The van der Waals surface area contributed by atoms with Crippen molar-refractivity contribution < 1.29 is 4.74 Å². The van der Waals surface area contributed by atoms with Crippen LogP contribution in [0.2, 0.25) is 0 Å². The zero-order valence-corrected chi connectivity index (χ0v) is 6.71. The van der Waals surface area contributed by atoms with Gasteiger partial charge < -0.3 is 10.1 Å². The highest BCUT2D eigenvalue weighted by Gasteiger charge is 2.46. The molecule has 0 bridgehead atoms. The third kappa shape index (κ3) is 0.793. The zero-order valence-electron chi connectivity index (χ0n) is 6.71. The van der Waals surface area contributed by atoms with Crippen molar-refractivity contribution in [3.63, 3.8) is 0 Å². The summed E-state index contributed by atoms with van der Waals surface area (Å²) < 4.78 is 5.58. The van der Waals surface area contributed by atoms with E-state index in [4.69, 9.17) is 4.74 Å². The standard InChI is InChI=1S/C9H10N2O/c1-4-10-5-8-7(1)11-9(2-3-9)6-12-8/h1,4-5,11H,2-3,6H2. The Morgan fingerprint density at radius 3 is 3.25 bits per heavy atom. The highest BCUT2D eigenvalue weighted by Crippen LogP contribution is 2.44. The molecule has 0 unspecified atom stereocenters. The van der Waals surface area contributed by atoms with Crippen molar-refractivity contribution in [3.8, 4) is 5.75 Å². The fourth-order valence-corrected chi connectivity index (χ4v) is 1.56. The number of pyridine rings is 1. The maximum Gasteiger partial charge on any atom is 0.160 e. The molecule has 1 aliphatic heterocycles. The second-order valence-electron chi connectivity index (χ2n) is 3.57. The molecule has 1 aliphatic carbocycles. The molecule has 0 aromatic carbocycles. The minimum atomic E-state index is 0.272. The van der Waals surface area contributed by atoms with Gasteiger partial charge in [0.2, 0.25) is 0 Å². The monoisotopic (exact) mass is 162 g/mol. The Hall–Kier alpha value is -1.25. The summed E-state index contributed by atoms with van der Waals surface area (Å²) in [5.41, 5.74) is 1.36. The van der Waals surface area contributed by atoms with E-state index in [-0.39, 0.29) is 5.54 Å². The molecule has 2 heterocycles. The first-order valence-corrected chi connectivity index (χ1v) is 4.23. The number of rotatable bonds is 0. The molecule has 1 aromatic rings. The van der Waals surface area contributed by atoms with Crippen molar-refractivity contribution in [1.29, 1.82) is 0 Å². The molecular weight excluding hydrogens is 152 g/mol. The zero-order chi connectivity index (χ0) is 8.02. The fourth-order valence-electron chi connectivity index (χ4n) is 1.56. The summed E-state index contributed by atoms with van der Waals surface area (Å²) in [6, 6.07) is 1.97. The van der Waals surface area contributed by atoms with E-state index in [9.17, 15) is 0 Å². The molecule has 3 nitrogen and oxygen atoms in total. The molecule has 1 N–H and O–H groups in total. The Labute approximate surface area is 70.8 Å². The van der Waals surface area contributed by atoms with Gasteiger partial charge in [-0.25, -0.2) is 0 Å². The second kappa shape index (κ2) is 1.91. The number of hydrogen-bond acceptors (Lipinski definition) is 3. The van der Waals surface area contributed by atoms with Crippen molar-refractivity contribution >= 4 is 5.69 Å². The molecule has 3 rings (SSSR count). The van der Waals surface area contributed by atoms with Gasteiger partial charge >= 0.3 is 0 Å². The molecule has 1 aromatic heterocycles. The van der Waals surface area contributed by atoms with Crippen LogP contribution in [-0.4, -0.2) is 17.1 Å². The molecule has 0 amide bonds. The van der Waals surface area contributed by atoms with E-state index >= 15 is 0 Å². The number of aromatic nitrogens is 1. The van der Waals surface area contributed by atoms with Crippen molar-refractivity contribution in [2.45, 2.75) is 18.4 Å². The van der Waals surface area contributed by atoms with Crippen molar-refractivity contribution in [2.24, 2.45) is 0 Å². The van der Waals surface area contributed by atoms with Crippen LogP contribution in [0.15, 0.2) is 18.5 Å². The molecule has 1 spiro atoms. The normalized spacial score (nSPS) is 22.3. The van der Waals surface area contributed by atoms with Crippen LogP contribution in [-0.2, 0) is 0 Å². The Kier molecular flexibility index (Phi) is 1.00. The van der Waals surface area contributed by atoms with Crippen LogP contribution >= 0.6 is 0 Å². The lowest BCUT2D eigenvalue weighted by atomic mass is 10.2. The maximum absolute atomic E-state index is 5.58. The van der Waals surface area contributed by atoms with Crippen LogP contribution in [0.3, 0.4) is 0 Å². The Bertz CT molecular complexity index is 320. The highest BCUT2D eigenvalue weighted by molar-refractivity contribution is 5.59. The van der Waals surface area contributed by atoms with Gasteiger partial charge in [0.1, 0.15) is 6.61 Å². The molecule has 0 saturated heterocycles. The molecule has 1 saturated carbocycles. The Balaban J connectivity index is 2.01. The summed E-state index contributed by atoms with van der Waals surface area (Å²) in [6.07, 6.45) is 6.01. The lowest BCUT2D eigenvalue weighted by Crippen LogP contribution is -2.33. The maximum atomic E-state index is 5.58. The van der Waals surface area contributed by atoms with Crippen LogP contribution in [0.25, 0.3) is 0 Å². The van der Waals surface area contributed by atoms with Crippen LogP contribution < -0.4 is 10.1 Å². The summed E-state index contributed by atoms with van der Waals surface area (Å²) in [6.45, 7) is 0.797. The van der Waals surface area contributed by atoms with Gasteiger partial charge in [-0.3, -0.25) is 4.98 Å². The quantitative estimate of drug-likeness (QED) is 0.626. The van der Waals surface area contributed by atoms with Gasteiger partial charge in [0.25, 0.3) is 0 Å². The molecule has 12 heavy (non-hydrogen) atoms. The summed E-state index contributed by atoms with van der Waals surface area (Å²) >= 11 is 0. The van der Waals surface area contributed by atoms with E-state index < -0.39 is 0 Å². The smallest absolute Gasteiger partial charge is 0.160 e. The first-order chi connectivity index (χ1) is 5.88.